The van der Waals surface area contributed by atoms with Crippen molar-refractivity contribution >= 4 is 35.1 Å². The number of carbonyl (C=O) groups is 2. The molecule has 0 unspecified atom stereocenters. The van der Waals surface area contributed by atoms with Crippen LogP contribution in [-0.4, -0.2) is 30.6 Å². The highest BCUT2D eigenvalue weighted by Crippen LogP contribution is 2.32. The van der Waals surface area contributed by atoms with E-state index in [9.17, 15) is 9.59 Å². The van der Waals surface area contributed by atoms with Gasteiger partial charge in [-0.1, -0.05) is 23.2 Å². The lowest BCUT2D eigenvalue weighted by molar-refractivity contribution is -0.122. The van der Waals surface area contributed by atoms with Gasteiger partial charge in [0.2, 0.25) is 0 Å². The molecule has 92 valence electrons. The summed E-state index contributed by atoms with van der Waals surface area (Å²) in [4.78, 5) is 21.9. The van der Waals surface area contributed by atoms with Crippen molar-refractivity contribution in [1.29, 1.82) is 0 Å². The maximum atomic E-state index is 11.0. The molecule has 17 heavy (non-hydrogen) atoms. The van der Waals surface area contributed by atoms with E-state index in [2.05, 4.69) is 5.32 Å². The molecule has 0 radical (unpaired) electrons. The minimum atomic E-state index is -1.23. The molecule has 1 aromatic rings. The predicted molar refractivity (Wildman–Crippen MR) is 63.0 cm³/mol. The molecule has 1 aromatic carbocycles. The quantitative estimate of drug-likeness (QED) is 0.880. The second kappa shape index (κ2) is 5.75. The van der Waals surface area contributed by atoms with E-state index >= 15 is 0 Å². The molecule has 0 saturated heterocycles. The second-order valence-electron chi connectivity index (χ2n) is 3.03. The Labute approximate surface area is 107 Å². The summed E-state index contributed by atoms with van der Waals surface area (Å²) in [5, 5.41) is 11.5. The summed E-state index contributed by atoms with van der Waals surface area (Å²) in [5.74, 6) is -1.71. The molecule has 1 amide bonds. The van der Waals surface area contributed by atoms with Gasteiger partial charge in [-0.15, -0.1) is 0 Å². The lowest BCUT2D eigenvalue weighted by Gasteiger charge is -2.10. The fourth-order valence-corrected chi connectivity index (χ4v) is 1.62. The second-order valence-corrected chi connectivity index (χ2v) is 3.87. The van der Waals surface area contributed by atoms with Crippen LogP contribution in [0, 0.1) is 0 Å². The van der Waals surface area contributed by atoms with Gasteiger partial charge in [-0.3, -0.25) is 4.79 Å². The maximum absolute atomic E-state index is 11.0. The summed E-state index contributed by atoms with van der Waals surface area (Å²) in [6.07, 6.45) is 0. The van der Waals surface area contributed by atoms with Crippen LogP contribution in [0.1, 0.15) is 10.4 Å². The Hall–Kier alpha value is -1.46. The molecule has 0 bridgehead atoms. The van der Waals surface area contributed by atoms with Crippen LogP contribution in [0.4, 0.5) is 0 Å². The van der Waals surface area contributed by atoms with E-state index in [0.717, 1.165) is 0 Å². The first-order valence-electron chi connectivity index (χ1n) is 4.51. The van der Waals surface area contributed by atoms with Crippen LogP contribution in [0.2, 0.25) is 10.0 Å². The number of likely N-dealkylation sites (N-methyl/N-ethyl adjacent to an activating group) is 1. The molecule has 0 aromatic heterocycles. The number of carboxylic acids is 1. The van der Waals surface area contributed by atoms with Crippen molar-refractivity contribution in [1.82, 2.24) is 5.32 Å². The summed E-state index contributed by atoms with van der Waals surface area (Å²) in [5.41, 5.74) is -0.189. The highest BCUT2D eigenvalue weighted by molar-refractivity contribution is 6.36. The Morgan fingerprint density at radius 3 is 2.59 bits per heavy atom. The van der Waals surface area contributed by atoms with E-state index in [1.165, 1.54) is 19.2 Å². The van der Waals surface area contributed by atoms with Crippen molar-refractivity contribution in [3.63, 3.8) is 0 Å². The van der Waals surface area contributed by atoms with E-state index in [1.807, 2.05) is 0 Å². The normalized spacial score (nSPS) is 9.82. The van der Waals surface area contributed by atoms with Crippen molar-refractivity contribution in [2.24, 2.45) is 0 Å². The number of rotatable bonds is 4. The van der Waals surface area contributed by atoms with E-state index in [4.69, 9.17) is 33.0 Å². The summed E-state index contributed by atoms with van der Waals surface area (Å²) in [6.45, 7) is -0.321. The summed E-state index contributed by atoms with van der Waals surface area (Å²) in [7, 11) is 1.44. The lowest BCUT2D eigenvalue weighted by atomic mass is 10.2. The van der Waals surface area contributed by atoms with Crippen LogP contribution < -0.4 is 10.1 Å². The van der Waals surface area contributed by atoms with E-state index in [1.54, 1.807) is 0 Å². The van der Waals surface area contributed by atoms with E-state index in [-0.39, 0.29) is 28.0 Å². The standard InChI is InChI=1S/C10H9Cl2NO4/c1-13-8(14)4-17-9-6(10(15)16)2-5(11)3-7(9)12/h2-3H,4H2,1H3,(H,13,14)(H,15,16). The molecule has 7 heteroatoms. The smallest absolute Gasteiger partial charge is 0.339 e. The van der Waals surface area contributed by atoms with Crippen molar-refractivity contribution in [3.05, 3.63) is 27.7 Å². The molecular formula is C10H9Cl2NO4. The van der Waals surface area contributed by atoms with Crippen LogP contribution in [0.5, 0.6) is 5.75 Å². The molecular weight excluding hydrogens is 269 g/mol. The van der Waals surface area contributed by atoms with Crippen LogP contribution >= 0.6 is 23.2 Å². The number of ether oxygens (including phenoxy) is 1. The van der Waals surface area contributed by atoms with Gasteiger partial charge in [0.25, 0.3) is 5.91 Å². The minimum absolute atomic E-state index is 0.0406. The Morgan fingerprint density at radius 1 is 1.41 bits per heavy atom. The van der Waals surface area contributed by atoms with E-state index in [0.29, 0.717) is 0 Å². The molecule has 0 saturated carbocycles. The average molecular weight is 278 g/mol. The number of carbonyl (C=O) groups excluding carboxylic acids is 1. The average Bonchev–Trinajstić information content (AvgIpc) is 2.26. The Balaban J connectivity index is 3.04. The van der Waals surface area contributed by atoms with Crippen LogP contribution in [0.15, 0.2) is 12.1 Å². The summed E-state index contributed by atoms with van der Waals surface area (Å²) in [6, 6.07) is 2.55. The molecule has 0 atom stereocenters. The molecule has 0 spiro atoms. The first-order valence-corrected chi connectivity index (χ1v) is 5.27. The SMILES string of the molecule is CNC(=O)COc1c(Cl)cc(Cl)cc1C(=O)O. The Bertz CT molecular complexity index is 462. The van der Waals surface area contributed by atoms with Gasteiger partial charge < -0.3 is 15.2 Å². The third-order valence-electron chi connectivity index (χ3n) is 1.87. The summed E-state index contributed by atoms with van der Waals surface area (Å²) >= 11 is 11.5. The number of benzene rings is 1. The topological polar surface area (TPSA) is 75.6 Å². The largest absolute Gasteiger partial charge is 0.481 e. The van der Waals surface area contributed by atoms with Gasteiger partial charge in [0, 0.05) is 12.1 Å². The zero-order valence-corrected chi connectivity index (χ0v) is 10.3. The molecule has 2 N–H and O–H groups in total. The van der Waals surface area contributed by atoms with Gasteiger partial charge in [-0.2, -0.15) is 0 Å². The van der Waals surface area contributed by atoms with Crippen molar-refractivity contribution in [2.75, 3.05) is 13.7 Å². The Morgan fingerprint density at radius 2 is 2.06 bits per heavy atom. The van der Waals surface area contributed by atoms with Crippen LogP contribution in [0.3, 0.4) is 0 Å². The van der Waals surface area contributed by atoms with Crippen molar-refractivity contribution in [3.8, 4) is 5.75 Å². The molecule has 1 rings (SSSR count). The highest BCUT2D eigenvalue weighted by atomic mass is 35.5. The molecule has 0 aliphatic heterocycles. The van der Waals surface area contributed by atoms with Gasteiger partial charge in [-0.05, 0) is 12.1 Å². The zero-order valence-electron chi connectivity index (χ0n) is 8.79. The fraction of sp³-hybridized carbons (Fsp3) is 0.200. The maximum Gasteiger partial charge on any atom is 0.339 e. The number of hydrogen-bond donors (Lipinski definition) is 2. The number of hydrogen-bond acceptors (Lipinski definition) is 3. The third-order valence-corrected chi connectivity index (χ3v) is 2.36. The number of aromatic carboxylic acids is 1. The molecule has 0 aliphatic carbocycles. The van der Waals surface area contributed by atoms with Crippen molar-refractivity contribution < 1.29 is 19.4 Å². The van der Waals surface area contributed by atoms with Gasteiger partial charge in [0.05, 0.1) is 5.02 Å². The van der Waals surface area contributed by atoms with Gasteiger partial charge in [0.1, 0.15) is 5.56 Å². The number of carboxylic acid groups (broad SMARTS) is 1. The molecule has 5 nitrogen and oxygen atoms in total. The number of amides is 1. The highest BCUT2D eigenvalue weighted by Gasteiger charge is 2.17. The van der Waals surface area contributed by atoms with Crippen LogP contribution in [-0.2, 0) is 4.79 Å². The number of halogens is 2. The third kappa shape index (κ3) is 3.51. The first-order chi connectivity index (χ1) is 7.95. The van der Waals surface area contributed by atoms with Crippen LogP contribution in [0.25, 0.3) is 0 Å². The predicted octanol–water partition coefficient (Wildman–Crippen LogP) is 1.82. The lowest BCUT2D eigenvalue weighted by Crippen LogP contribution is -2.25. The van der Waals surface area contributed by atoms with Gasteiger partial charge >= 0.3 is 5.97 Å². The monoisotopic (exact) mass is 277 g/mol. The molecule has 0 heterocycles. The molecule has 0 fully saturated rings. The number of nitrogens with one attached hydrogen (secondary N) is 1. The summed E-state index contributed by atoms with van der Waals surface area (Å²) < 4.78 is 5.05. The minimum Gasteiger partial charge on any atom is -0.481 e. The zero-order chi connectivity index (χ0) is 13.0. The Kier molecular flexibility index (Phi) is 4.60. The van der Waals surface area contributed by atoms with Gasteiger partial charge in [-0.25, -0.2) is 4.79 Å². The first kappa shape index (κ1) is 13.6. The van der Waals surface area contributed by atoms with Gasteiger partial charge in [0.15, 0.2) is 12.4 Å². The van der Waals surface area contributed by atoms with E-state index < -0.39 is 11.9 Å². The molecule has 0 aliphatic rings. The van der Waals surface area contributed by atoms with Crippen molar-refractivity contribution in [2.45, 2.75) is 0 Å². The fourth-order valence-electron chi connectivity index (χ4n) is 1.08.